The predicted octanol–water partition coefficient (Wildman–Crippen LogP) is 0.304. The summed E-state index contributed by atoms with van der Waals surface area (Å²) >= 11 is 0. The molecule has 14 heavy (non-hydrogen) atoms. The van der Waals surface area contributed by atoms with Crippen molar-refractivity contribution in [1.82, 2.24) is 20.2 Å². The summed E-state index contributed by atoms with van der Waals surface area (Å²) in [5.74, 6) is 1.33. The molecule has 0 amide bonds. The van der Waals surface area contributed by atoms with E-state index in [1.807, 2.05) is 6.92 Å². The molecule has 78 valence electrons. The highest BCUT2D eigenvalue weighted by Crippen LogP contribution is 2.37. The van der Waals surface area contributed by atoms with Crippen molar-refractivity contribution < 1.29 is 5.11 Å². The molecule has 5 nitrogen and oxygen atoms in total. The Balaban J connectivity index is 1.94. The van der Waals surface area contributed by atoms with E-state index in [1.54, 1.807) is 7.05 Å². The molecule has 1 aliphatic rings. The van der Waals surface area contributed by atoms with E-state index < -0.39 is 5.60 Å². The minimum atomic E-state index is -0.676. The third kappa shape index (κ3) is 2.51. The number of aryl methyl sites for hydroxylation is 1. The monoisotopic (exact) mass is 196 g/mol. The molecule has 0 bridgehead atoms. The zero-order valence-electron chi connectivity index (χ0n) is 8.64. The molecule has 0 saturated heterocycles. The molecular formula is C9H16N4O. The average Bonchev–Trinajstić information content (AvgIpc) is 2.74. The van der Waals surface area contributed by atoms with Crippen LogP contribution in [0.3, 0.4) is 0 Å². The first kappa shape index (κ1) is 9.58. The number of hydrogen-bond acceptors (Lipinski definition) is 4. The summed E-state index contributed by atoms with van der Waals surface area (Å²) in [6.45, 7) is 1.85. The molecule has 1 aliphatic carbocycles. The van der Waals surface area contributed by atoms with E-state index in [1.165, 1.54) is 17.6 Å². The van der Waals surface area contributed by atoms with E-state index in [-0.39, 0.29) is 0 Å². The summed E-state index contributed by atoms with van der Waals surface area (Å²) in [4.78, 5) is 1.42. The first-order chi connectivity index (χ1) is 6.55. The van der Waals surface area contributed by atoms with Gasteiger partial charge in [-0.15, -0.1) is 10.2 Å². The largest absolute Gasteiger partial charge is 0.390 e. The zero-order chi connectivity index (χ0) is 10.2. The third-order valence-electron chi connectivity index (χ3n) is 2.51. The molecule has 1 saturated carbocycles. The second kappa shape index (κ2) is 3.31. The van der Waals surface area contributed by atoms with Crippen molar-refractivity contribution >= 4 is 0 Å². The molecule has 1 unspecified atom stereocenters. The summed E-state index contributed by atoms with van der Waals surface area (Å²) in [7, 11) is 1.73. The fourth-order valence-electron chi connectivity index (χ4n) is 1.75. The van der Waals surface area contributed by atoms with Gasteiger partial charge in [0.1, 0.15) is 0 Å². The van der Waals surface area contributed by atoms with Crippen LogP contribution in [-0.2, 0) is 13.5 Å². The molecule has 1 fully saturated rings. The van der Waals surface area contributed by atoms with E-state index in [2.05, 4.69) is 15.4 Å². The molecule has 1 aromatic rings. The van der Waals surface area contributed by atoms with Crippen molar-refractivity contribution in [3.63, 3.8) is 0 Å². The molecule has 5 heteroatoms. The normalized spacial score (nSPS) is 20.8. The van der Waals surface area contributed by atoms with Crippen LogP contribution in [0.5, 0.6) is 0 Å². The molecule has 0 aliphatic heterocycles. The van der Waals surface area contributed by atoms with Gasteiger partial charge >= 0.3 is 0 Å². The highest BCUT2D eigenvalue weighted by Gasteiger charge is 2.32. The standard InChI is InChI=1S/C9H16N4O/c1-9(14,5-7-3-4-7)6-8-10-12-13(2)11-8/h7,14H,3-6H2,1-2H3. The smallest absolute Gasteiger partial charge is 0.177 e. The number of hydrogen-bond donors (Lipinski definition) is 1. The Bertz CT molecular complexity index is 316. The Kier molecular flexibility index (Phi) is 2.26. The average molecular weight is 196 g/mol. The lowest BCUT2D eigenvalue weighted by atomic mass is 9.95. The zero-order valence-corrected chi connectivity index (χ0v) is 8.64. The van der Waals surface area contributed by atoms with Crippen LogP contribution in [0.2, 0.25) is 0 Å². The number of tetrazole rings is 1. The molecule has 1 aromatic heterocycles. The van der Waals surface area contributed by atoms with E-state index in [9.17, 15) is 5.11 Å². The quantitative estimate of drug-likeness (QED) is 0.752. The molecule has 2 rings (SSSR count). The van der Waals surface area contributed by atoms with Gasteiger partial charge < -0.3 is 5.11 Å². The lowest BCUT2D eigenvalue weighted by Gasteiger charge is -2.20. The van der Waals surface area contributed by atoms with Crippen LogP contribution < -0.4 is 0 Å². The van der Waals surface area contributed by atoms with Crippen LogP contribution in [0, 0.1) is 5.92 Å². The molecule has 1 atom stereocenters. The Morgan fingerprint density at radius 2 is 2.29 bits per heavy atom. The molecular weight excluding hydrogens is 180 g/mol. The van der Waals surface area contributed by atoms with E-state index >= 15 is 0 Å². The lowest BCUT2D eigenvalue weighted by molar-refractivity contribution is 0.0435. The van der Waals surface area contributed by atoms with Crippen LogP contribution in [-0.4, -0.2) is 30.9 Å². The van der Waals surface area contributed by atoms with Crippen molar-refractivity contribution in [2.45, 2.75) is 38.2 Å². The summed E-state index contributed by atoms with van der Waals surface area (Å²) in [6, 6.07) is 0. The van der Waals surface area contributed by atoms with Gasteiger partial charge in [0.25, 0.3) is 0 Å². The Labute approximate surface area is 83.1 Å². The van der Waals surface area contributed by atoms with Crippen molar-refractivity contribution in [3.05, 3.63) is 5.82 Å². The maximum atomic E-state index is 10.1. The maximum Gasteiger partial charge on any atom is 0.177 e. The van der Waals surface area contributed by atoms with Gasteiger partial charge in [-0.05, 0) is 24.5 Å². The van der Waals surface area contributed by atoms with Gasteiger partial charge in [-0.3, -0.25) is 0 Å². The van der Waals surface area contributed by atoms with Gasteiger partial charge in [0.15, 0.2) is 5.82 Å². The highest BCUT2D eigenvalue weighted by atomic mass is 16.3. The minimum Gasteiger partial charge on any atom is -0.390 e. The van der Waals surface area contributed by atoms with Gasteiger partial charge in [-0.2, -0.15) is 4.80 Å². The topological polar surface area (TPSA) is 63.8 Å². The first-order valence-corrected chi connectivity index (χ1v) is 5.00. The molecule has 0 aromatic carbocycles. The highest BCUT2D eigenvalue weighted by molar-refractivity contribution is 4.92. The van der Waals surface area contributed by atoms with Gasteiger partial charge in [-0.25, -0.2) is 0 Å². The first-order valence-electron chi connectivity index (χ1n) is 5.00. The Morgan fingerprint density at radius 1 is 1.57 bits per heavy atom. The van der Waals surface area contributed by atoms with Gasteiger partial charge in [0.2, 0.25) is 0 Å². The van der Waals surface area contributed by atoms with Crippen molar-refractivity contribution in [2.24, 2.45) is 13.0 Å². The maximum absolute atomic E-state index is 10.1. The number of aromatic nitrogens is 4. The van der Waals surface area contributed by atoms with Gasteiger partial charge in [0, 0.05) is 6.42 Å². The summed E-state index contributed by atoms with van der Waals surface area (Å²) in [5.41, 5.74) is -0.676. The predicted molar refractivity (Wildman–Crippen MR) is 50.5 cm³/mol. The third-order valence-corrected chi connectivity index (χ3v) is 2.51. The van der Waals surface area contributed by atoms with Crippen LogP contribution in [0.15, 0.2) is 0 Å². The second-order valence-electron chi connectivity index (χ2n) is 4.52. The number of rotatable bonds is 4. The van der Waals surface area contributed by atoms with Gasteiger partial charge in [0.05, 0.1) is 12.6 Å². The molecule has 0 spiro atoms. The van der Waals surface area contributed by atoms with Crippen molar-refractivity contribution in [3.8, 4) is 0 Å². The Hall–Kier alpha value is -0.970. The van der Waals surface area contributed by atoms with Crippen LogP contribution in [0.1, 0.15) is 32.0 Å². The fourth-order valence-corrected chi connectivity index (χ4v) is 1.75. The van der Waals surface area contributed by atoms with Crippen molar-refractivity contribution in [1.29, 1.82) is 0 Å². The van der Waals surface area contributed by atoms with Crippen LogP contribution >= 0.6 is 0 Å². The summed E-state index contributed by atoms with van der Waals surface area (Å²) in [6.07, 6.45) is 3.86. The van der Waals surface area contributed by atoms with Crippen LogP contribution in [0.25, 0.3) is 0 Å². The molecule has 1 N–H and O–H groups in total. The van der Waals surface area contributed by atoms with E-state index in [0.717, 1.165) is 6.42 Å². The van der Waals surface area contributed by atoms with Crippen LogP contribution in [0.4, 0.5) is 0 Å². The molecule has 0 radical (unpaired) electrons. The van der Waals surface area contributed by atoms with Crippen molar-refractivity contribution in [2.75, 3.05) is 0 Å². The minimum absolute atomic E-state index is 0.497. The number of aliphatic hydroxyl groups is 1. The van der Waals surface area contributed by atoms with E-state index in [4.69, 9.17) is 0 Å². The number of nitrogens with zero attached hydrogens (tertiary/aromatic N) is 4. The second-order valence-corrected chi connectivity index (χ2v) is 4.52. The van der Waals surface area contributed by atoms with Gasteiger partial charge in [-0.1, -0.05) is 12.8 Å². The fraction of sp³-hybridized carbons (Fsp3) is 0.889. The molecule has 1 heterocycles. The van der Waals surface area contributed by atoms with E-state index in [0.29, 0.717) is 18.2 Å². The lowest BCUT2D eigenvalue weighted by Crippen LogP contribution is -2.28. The summed E-state index contributed by atoms with van der Waals surface area (Å²) in [5, 5.41) is 21.7. The Morgan fingerprint density at radius 3 is 2.79 bits per heavy atom. The SMILES string of the molecule is Cn1nnc(CC(C)(O)CC2CC2)n1. The summed E-state index contributed by atoms with van der Waals surface area (Å²) < 4.78 is 0.